The van der Waals surface area contributed by atoms with Gasteiger partial charge in [-0.1, -0.05) is 36.4 Å². The normalized spacial score (nSPS) is 10.7. The third-order valence-corrected chi connectivity index (χ3v) is 5.03. The van der Waals surface area contributed by atoms with E-state index in [9.17, 15) is 4.79 Å². The number of ether oxygens (including phenoxy) is 3. The van der Waals surface area contributed by atoms with Crippen LogP contribution in [0.1, 0.15) is 5.56 Å². The Morgan fingerprint density at radius 1 is 0.935 bits per heavy atom. The Labute approximate surface area is 180 Å². The number of anilines is 1. The first kappa shape index (κ1) is 20.3. The van der Waals surface area contributed by atoms with E-state index in [0.717, 1.165) is 28.9 Å². The number of nitrogens with zero attached hydrogens (tertiary/aromatic N) is 3. The van der Waals surface area contributed by atoms with Crippen molar-refractivity contribution < 1.29 is 19.0 Å². The van der Waals surface area contributed by atoms with Crippen LogP contribution in [0.4, 0.5) is 5.82 Å². The lowest BCUT2D eigenvalue weighted by molar-refractivity contribution is -0.107. The predicted molar refractivity (Wildman–Crippen MR) is 119 cm³/mol. The van der Waals surface area contributed by atoms with Crippen molar-refractivity contribution in [1.29, 1.82) is 0 Å². The summed E-state index contributed by atoms with van der Waals surface area (Å²) in [7, 11) is 4.69. The summed E-state index contributed by atoms with van der Waals surface area (Å²) in [6.45, 7) is 0.294. The monoisotopic (exact) mass is 417 g/mol. The van der Waals surface area contributed by atoms with Crippen molar-refractivity contribution in [3.63, 3.8) is 0 Å². The number of carbonyl (C=O) groups is 1. The molecule has 2 aromatic heterocycles. The standard InChI is InChI=1S/C24H23N3O4/c1-29-19-13-17(14-20(30-2)23(19)31-3)15-26(16-28)24-22(18-9-5-4-6-10-18)25-21-11-7-8-12-27(21)24/h4-14,16H,15H2,1-3H3. The molecule has 0 N–H and O–H groups in total. The van der Waals surface area contributed by atoms with Crippen molar-refractivity contribution in [2.75, 3.05) is 26.2 Å². The molecule has 2 aromatic carbocycles. The van der Waals surface area contributed by atoms with Crippen LogP contribution in [-0.4, -0.2) is 37.1 Å². The third-order valence-electron chi connectivity index (χ3n) is 5.03. The minimum Gasteiger partial charge on any atom is -0.493 e. The molecule has 158 valence electrons. The highest BCUT2D eigenvalue weighted by Crippen LogP contribution is 2.39. The average Bonchev–Trinajstić information content (AvgIpc) is 3.21. The van der Waals surface area contributed by atoms with Crippen molar-refractivity contribution in [1.82, 2.24) is 9.38 Å². The maximum absolute atomic E-state index is 12.3. The predicted octanol–water partition coefficient (Wildman–Crippen LogP) is 4.19. The van der Waals surface area contributed by atoms with Crippen LogP contribution >= 0.6 is 0 Å². The Hall–Kier alpha value is -4.00. The van der Waals surface area contributed by atoms with Crippen LogP contribution in [-0.2, 0) is 11.3 Å². The van der Waals surface area contributed by atoms with Crippen LogP contribution in [0.15, 0.2) is 66.9 Å². The fraction of sp³-hybridized carbons (Fsp3) is 0.167. The molecule has 0 unspecified atom stereocenters. The van der Waals surface area contributed by atoms with Crippen LogP contribution in [0.5, 0.6) is 17.2 Å². The summed E-state index contributed by atoms with van der Waals surface area (Å²) in [5.41, 5.74) is 3.24. The topological polar surface area (TPSA) is 65.3 Å². The van der Waals surface area contributed by atoms with Gasteiger partial charge in [0.1, 0.15) is 17.2 Å². The molecule has 0 radical (unpaired) electrons. The number of imidazole rings is 1. The average molecular weight is 417 g/mol. The van der Waals surface area contributed by atoms with Crippen molar-refractivity contribution in [2.24, 2.45) is 0 Å². The van der Waals surface area contributed by atoms with Gasteiger partial charge < -0.3 is 14.2 Å². The van der Waals surface area contributed by atoms with E-state index >= 15 is 0 Å². The van der Waals surface area contributed by atoms with Crippen molar-refractivity contribution >= 4 is 17.9 Å². The highest BCUT2D eigenvalue weighted by molar-refractivity contribution is 5.85. The number of amides is 1. The van der Waals surface area contributed by atoms with Crippen LogP contribution < -0.4 is 19.1 Å². The van der Waals surface area contributed by atoms with Gasteiger partial charge in [-0.15, -0.1) is 0 Å². The van der Waals surface area contributed by atoms with Gasteiger partial charge >= 0.3 is 0 Å². The van der Waals surface area contributed by atoms with Gasteiger partial charge in [0, 0.05) is 11.8 Å². The van der Waals surface area contributed by atoms with E-state index in [0.29, 0.717) is 29.6 Å². The number of fused-ring (bicyclic) bond motifs is 1. The van der Waals surface area contributed by atoms with Crippen LogP contribution in [0, 0.1) is 0 Å². The maximum Gasteiger partial charge on any atom is 0.215 e. The maximum atomic E-state index is 12.3. The molecule has 0 spiro atoms. The second-order valence-corrected chi connectivity index (χ2v) is 6.85. The van der Waals surface area contributed by atoms with E-state index in [2.05, 4.69) is 0 Å². The first-order valence-corrected chi connectivity index (χ1v) is 9.73. The SMILES string of the molecule is COc1cc(CN(C=O)c2c(-c3ccccc3)nc3ccccn23)cc(OC)c1OC. The second-order valence-electron chi connectivity index (χ2n) is 6.85. The first-order chi connectivity index (χ1) is 15.2. The molecule has 7 nitrogen and oxygen atoms in total. The highest BCUT2D eigenvalue weighted by Gasteiger charge is 2.21. The molecular weight excluding hydrogens is 394 g/mol. The zero-order valence-corrected chi connectivity index (χ0v) is 17.6. The quantitative estimate of drug-likeness (QED) is 0.402. The molecule has 0 aliphatic rings. The van der Waals surface area contributed by atoms with Crippen LogP contribution in [0.2, 0.25) is 0 Å². The number of hydrogen-bond donors (Lipinski definition) is 0. The summed E-state index contributed by atoms with van der Waals surface area (Å²) in [5, 5.41) is 0. The number of methoxy groups -OCH3 is 3. The molecular formula is C24H23N3O4. The summed E-state index contributed by atoms with van der Waals surface area (Å²) in [4.78, 5) is 18.7. The molecule has 4 rings (SSSR count). The lowest BCUT2D eigenvalue weighted by Gasteiger charge is -2.20. The third kappa shape index (κ3) is 3.77. The Morgan fingerprint density at radius 2 is 1.61 bits per heavy atom. The van der Waals surface area contributed by atoms with Crippen molar-refractivity contribution in [2.45, 2.75) is 6.54 Å². The zero-order chi connectivity index (χ0) is 21.8. The summed E-state index contributed by atoms with van der Waals surface area (Å²) in [6.07, 6.45) is 2.71. The van der Waals surface area contributed by atoms with Crippen LogP contribution in [0.25, 0.3) is 16.9 Å². The highest BCUT2D eigenvalue weighted by atomic mass is 16.5. The number of rotatable bonds is 8. The lowest BCUT2D eigenvalue weighted by Crippen LogP contribution is -2.22. The van der Waals surface area contributed by atoms with Gasteiger partial charge in [0.15, 0.2) is 11.5 Å². The van der Waals surface area contributed by atoms with E-state index < -0.39 is 0 Å². The molecule has 31 heavy (non-hydrogen) atoms. The van der Waals surface area contributed by atoms with Gasteiger partial charge in [0.25, 0.3) is 0 Å². The molecule has 0 aliphatic heterocycles. The Morgan fingerprint density at radius 3 is 2.23 bits per heavy atom. The molecule has 0 aliphatic carbocycles. The van der Waals surface area contributed by atoms with Gasteiger partial charge in [-0.25, -0.2) is 4.98 Å². The number of aromatic nitrogens is 2. The van der Waals surface area contributed by atoms with Gasteiger partial charge in [0.2, 0.25) is 12.2 Å². The molecule has 0 bridgehead atoms. The molecule has 0 fully saturated rings. The van der Waals surface area contributed by atoms with Gasteiger partial charge in [-0.2, -0.15) is 0 Å². The summed E-state index contributed by atoms with van der Waals surface area (Å²) < 4.78 is 18.2. The number of carbonyl (C=O) groups excluding carboxylic acids is 1. The van der Waals surface area contributed by atoms with E-state index in [1.165, 1.54) is 0 Å². The molecule has 1 amide bonds. The van der Waals surface area contributed by atoms with Gasteiger partial charge in [0.05, 0.1) is 27.9 Å². The van der Waals surface area contributed by atoms with Crippen molar-refractivity contribution in [3.8, 4) is 28.5 Å². The fourth-order valence-electron chi connectivity index (χ4n) is 3.63. The van der Waals surface area contributed by atoms with E-state index in [4.69, 9.17) is 19.2 Å². The van der Waals surface area contributed by atoms with Crippen LogP contribution in [0.3, 0.4) is 0 Å². The van der Waals surface area contributed by atoms with E-state index in [1.807, 2.05) is 71.3 Å². The Balaban J connectivity index is 1.83. The Kier molecular flexibility index (Phi) is 5.75. The summed E-state index contributed by atoms with van der Waals surface area (Å²) >= 11 is 0. The molecule has 2 heterocycles. The smallest absolute Gasteiger partial charge is 0.215 e. The van der Waals surface area contributed by atoms with Crippen molar-refractivity contribution in [3.05, 3.63) is 72.4 Å². The molecule has 7 heteroatoms. The van der Waals surface area contributed by atoms with E-state index in [-0.39, 0.29) is 0 Å². The summed E-state index contributed by atoms with van der Waals surface area (Å²) in [6, 6.07) is 19.2. The Bertz CT molecular complexity index is 1180. The van der Waals surface area contributed by atoms with E-state index in [1.54, 1.807) is 26.2 Å². The number of hydrogen-bond acceptors (Lipinski definition) is 5. The number of pyridine rings is 1. The lowest BCUT2D eigenvalue weighted by atomic mass is 10.1. The molecule has 0 saturated heterocycles. The fourth-order valence-corrected chi connectivity index (χ4v) is 3.63. The molecule has 0 saturated carbocycles. The first-order valence-electron chi connectivity index (χ1n) is 9.73. The minimum absolute atomic E-state index is 0.294. The largest absolute Gasteiger partial charge is 0.493 e. The minimum atomic E-state index is 0.294. The zero-order valence-electron chi connectivity index (χ0n) is 17.6. The molecule has 0 atom stereocenters. The number of benzene rings is 2. The summed E-state index contributed by atoms with van der Waals surface area (Å²) in [5.74, 6) is 2.25. The molecule has 4 aromatic rings. The van der Waals surface area contributed by atoms with Gasteiger partial charge in [-0.3, -0.25) is 14.1 Å². The van der Waals surface area contributed by atoms with Gasteiger partial charge in [-0.05, 0) is 29.8 Å². The second kappa shape index (κ2) is 8.79.